The lowest BCUT2D eigenvalue weighted by Gasteiger charge is -2.28. The third-order valence-electron chi connectivity index (χ3n) is 3.87. The number of nitrogens with zero attached hydrogens (tertiary/aromatic N) is 1. The summed E-state index contributed by atoms with van der Waals surface area (Å²) >= 11 is 0. The molecule has 1 aliphatic carbocycles. The molecule has 1 amide bonds. The Morgan fingerprint density at radius 2 is 2.11 bits per heavy atom. The Hall–Kier alpha value is -0.610. The molecule has 1 aliphatic heterocycles. The van der Waals surface area contributed by atoms with Gasteiger partial charge in [0, 0.05) is 12.6 Å². The summed E-state index contributed by atoms with van der Waals surface area (Å²) in [6.45, 7) is 6.98. The fourth-order valence-electron chi connectivity index (χ4n) is 2.69. The normalized spacial score (nSPS) is 25.4. The van der Waals surface area contributed by atoms with E-state index in [1.807, 2.05) is 18.7 Å². The van der Waals surface area contributed by atoms with E-state index in [-0.39, 0.29) is 5.91 Å². The van der Waals surface area contributed by atoms with E-state index in [1.165, 1.54) is 0 Å². The van der Waals surface area contributed by atoms with Gasteiger partial charge in [0.25, 0.3) is 5.91 Å². The van der Waals surface area contributed by atoms with Gasteiger partial charge in [-0.2, -0.15) is 0 Å². The number of amides is 1. The van der Waals surface area contributed by atoms with Crippen LogP contribution in [0, 0.1) is 11.8 Å². The Balaban J connectivity index is 1.89. The highest BCUT2D eigenvalue weighted by Crippen LogP contribution is 2.29. The molecule has 4 nitrogen and oxygen atoms in total. The molecule has 0 radical (unpaired) electrons. The fourth-order valence-corrected chi connectivity index (χ4v) is 2.69. The first-order valence-electron chi connectivity index (χ1n) is 7.27. The van der Waals surface area contributed by atoms with Gasteiger partial charge in [0.1, 0.15) is 6.10 Å². The lowest BCUT2D eigenvalue weighted by atomic mass is 10.0. The molecule has 104 valence electrons. The zero-order valence-electron chi connectivity index (χ0n) is 11.6. The number of carbonyl (C=O) groups excluding carboxylic acids is 1. The Bertz CT molecular complexity index is 284. The standard InChI is InChI=1S/C14H26N2O2/c1-10(2)7-13(17)14(18)16(12-3-4-12)9-11-5-6-15-8-11/h10-13,15,17H,3-9H2,1-2H3/t11?,13-/m0/s1. The quantitative estimate of drug-likeness (QED) is 0.743. The summed E-state index contributed by atoms with van der Waals surface area (Å²) in [5, 5.41) is 13.3. The van der Waals surface area contributed by atoms with Crippen molar-refractivity contribution in [3.63, 3.8) is 0 Å². The van der Waals surface area contributed by atoms with Crippen molar-refractivity contribution >= 4 is 5.91 Å². The highest BCUT2D eigenvalue weighted by atomic mass is 16.3. The minimum absolute atomic E-state index is 0.0434. The van der Waals surface area contributed by atoms with Gasteiger partial charge in [0.05, 0.1) is 0 Å². The second kappa shape index (κ2) is 6.02. The zero-order valence-corrected chi connectivity index (χ0v) is 11.6. The average Bonchev–Trinajstić information content (AvgIpc) is 3.02. The van der Waals surface area contributed by atoms with Gasteiger partial charge in [-0.15, -0.1) is 0 Å². The van der Waals surface area contributed by atoms with E-state index in [2.05, 4.69) is 5.32 Å². The van der Waals surface area contributed by atoms with E-state index in [0.717, 1.165) is 38.9 Å². The summed E-state index contributed by atoms with van der Waals surface area (Å²) in [5.41, 5.74) is 0. The molecule has 1 unspecified atom stereocenters. The highest BCUT2D eigenvalue weighted by molar-refractivity contribution is 5.81. The summed E-state index contributed by atoms with van der Waals surface area (Å²) in [5.74, 6) is 0.886. The predicted octanol–water partition coefficient (Wildman–Crippen LogP) is 0.994. The fraction of sp³-hybridized carbons (Fsp3) is 0.929. The summed E-state index contributed by atoms with van der Waals surface area (Å²) in [6.07, 6.45) is 3.14. The maximum atomic E-state index is 12.3. The van der Waals surface area contributed by atoms with Gasteiger partial charge in [-0.05, 0) is 50.6 Å². The molecule has 2 N–H and O–H groups in total. The van der Waals surface area contributed by atoms with Crippen LogP contribution in [0.4, 0.5) is 0 Å². The van der Waals surface area contributed by atoms with Crippen LogP contribution in [0.1, 0.15) is 39.5 Å². The van der Waals surface area contributed by atoms with Crippen molar-refractivity contribution < 1.29 is 9.90 Å². The smallest absolute Gasteiger partial charge is 0.251 e. The van der Waals surface area contributed by atoms with Crippen LogP contribution in [0.5, 0.6) is 0 Å². The van der Waals surface area contributed by atoms with Crippen molar-refractivity contribution in [2.75, 3.05) is 19.6 Å². The van der Waals surface area contributed by atoms with E-state index in [9.17, 15) is 9.90 Å². The second-order valence-electron chi connectivity index (χ2n) is 6.23. The second-order valence-corrected chi connectivity index (χ2v) is 6.23. The van der Waals surface area contributed by atoms with E-state index < -0.39 is 6.10 Å². The van der Waals surface area contributed by atoms with E-state index in [4.69, 9.17) is 0 Å². The summed E-state index contributed by atoms with van der Waals surface area (Å²) in [7, 11) is 0. The zero-order chi connectivity index (χ0) is 13.1. The highest BCUT2D eigenvalue weighted by Gasteiger charge is 2.36. The molecule has 2 aliphatic rings. The summed E-state index contributed by atoms with van der Waals surface area (Å²) < 4.78 is 0. The van der Waals surface area contributed by atoms with Crippen molar-refractivity contribution in [2.24, 2.45) is 11.8 Å². The molecule has 1 heterocycles. The third kappa shape index (κ3) is 3.69. The molecule has 0 bridgehead atoms. The summed E-state index contributed by atoms with van der Waals surface area (Å²) in [6, 6.07) is 0.403. The molecule has 1 saturated heterocycles. The Labute approximate surface area is 110 Å². The molecule has 4 heteroatoms. The van der Waals surface area contributed by atoms with Gasteiger partial charge < -0.3 is 15.3 Å². The number of aliphatic hydroxyl groups is 1. The largest absolute Gasteiger partial charge is 0.383 e. The molecule has 2 rings (SSSR count). The van der Waals surface area contributed by atoms with Crippen LogP contribution < -0.4 is 5.32 Å². The molecular formula is C14H26N2O2. The Morgan fingerprint density at radius 3 is 2.61 bits per heavy atom. The van der Waals surface area contributed by atoms with Crippen LogP contribution in [-0.4, -0.2) is 47.7 Å². The maximum Gasteiger partial charge on any atom is 0.251 e. The molecule has 0 aromatic heterocycles. The van der Waals surface area contributed by atoms with E-state index >= 15 is 0 Å². The molecule has 0 aromatic carbocycles. The minimum atomic E-state index is -0.806. The van der Waals surface area contributed by atoms with Crippen LogP contribution in [0.25, 0.3) is 0 Å². The lowest BCUT2D eigenvalue weighted by molar-refractivity contribution is -0.142. The minimum Gasteiger partial charge on any atom is -0.383 e. The first-order valence-corrected chi connectivity index (χ1v) is 7.27. The number of nitrogens with one attached hydrogen (secondary N) is 1. The molecule has 18 heavy (non-hydrogen) atoms. The maximum absolute atomic E-state index is 12.3. The monoisotopic (exact) mass is 254 g/mol. The first kappa shape index (κ1) is 13.8. The number of aliphatic hydroxyl groups excluding tert-OH is 1. The van der Waals surface area contributed by atoms with Gasteiger partial charge in [0.15, 0.2) is 0 Å². The predicted molar refractivity (Wildman–Crippen MR) is 71.2 cm³/mol. The van der Waals surface area contributed by atoms with E-state index in [1.54, 1.807) is 0 Å². The number of carbonyl (C=O) groups is 1. The molecular weight excluding hydrogens is 228 g/mol. The number of hydrogen-bond donors (Lipinski definition) is 2. The van der Waals surface area contributed by atoms with Gasteiger partial charge in [0.2, 0.25) is 0 Å². The lowest BCUT2D eigenvalue weighted by Crippen LogP contribution is -2.44. The van der Waals surface area contributed by atoms with E-state index in [0.29, 0.717) is 24.3 Å². The number of hydrogen-bond acceptors (Lipinski definition) is 3. The van der Waals surface area contributed by atoms with Gasteiger partial charge in [-0.1, -0.05) is 13.8 Å². The van der Waals surface area contributed by atoms with Crippen LogP contribution in [0.15, 0.2) is 0 Å². The van der Waals surface area contributed by atoms with Crippen LogP contribution in [0.2, 0.25) is 0 Å². The van der Waals surface area contributed by atoms with Crippen LogP contribution in [-0.2, 0) is 4.79 Å². The van der Waals surface area contributed by atoms with Crippen molar-refractivity contribution in [2.45, 2.75) is 51.7 Å². The topological polar surface area (TPSA) is 52.6 Å². The summed E-state index contributed by atoms with van der Waals surface area (Å²) in [4.78, 5) is 14.3. The van der Waals surface area contributed by atoms with Crippen LogP contribution in [0.3, 0.4) is 0 Å². The van der Waals surface area contributed by atoms with Gasteiger partial charge >= 0.3 is 0 Å². The Kier molecular flexibility index (Phi) is 4.62. The molecule has 0 spiro atoms. The SMILES string of the molecule is CC(C)C[C@H](O)C(=O)N(CC1CCNC1)C1CC1. The average molecular weight is 254 g/mol. The molecule has 2 atom stereocenters. The number of rotatable bonds is 6. The van der Waals surface area contributed by atoms with Crippen molar-refractivity contribution in [1.29, 1.82) is 0 Å². The van der Waals surface area contributed by atoms with Gasteiger partial charge in [-0.3, -0.25) is 4.79 Å². The molecule has 0 aromatic rings. The van der Waals surface area contributed by atoms with Crippen molar-refractivity contribution in [1.82, 2.24) is 10.2 Å². The third-order valence-corrected chi connectivity index (χ3v) is 3.87. The molecule has 2 fully saturated rings. The molecule has 1 saturated carbocycles. The van der Waals surface area contributed by atoms with Crippen LogP contribution >= 0.6 is 0 Å². The van der Waals surface area contributed by atoms with Crippen molar-refractivity contribution in [3.8, 4) is 0 Å². The van der Waals surface area contributed by atoms with Crippen molar-refractivity contribution in [3.05, 3.63) is 0 Å². The first-order chi connectivity index (χ1) is 8.58. The Morgan fingerprint density at radius 1 is 1.39 bits per heavy atom. The van der Waals surface area contributed by atoms with Gasteiger partial charge in [-0.25, -0.2) is 0 Å².